The molecule has 0 bridgehead atoms. The quantitative estimate of drug-likeness (QED) is 0.849. The fourth-order valence-electron chi connectivity index (χ4n) is 4.42. The van der Waals surface area contributed by atoms with Crippen molar-refractivity contribution in [1.82, 2.24) is 19.7 Å². The van der Waals surface area contributed by atoms with Crippen molar-refractivity contribution in [2.75, 3.05) is 45.8 Å². The molecule has 2 N–H and O–H groups in total. The standard InChI is InChI=1S/C20H29N5OS/c1-2-23-11-13-24(14-12-23)15-7-9-25(10-8-15)18(19(21)26)20-22-16-5-3-4-6-17(16)27-20/h3-6,15,18H,2,7-14H2,1H3,(H2,21,26). The Morgan fingerprint density at radius 2 is 1.89 bits per heavy atom. The minimum atomic E-state index is -0.403. The number of para-hydroxylation sites is 1. The number of benzene rings is 1. The highest BCUT2D eigenvalue weighted by atomic mass is 32.1. The summed E-state index contributed by atoms with van der Waals surface area (Å²) in [6.07, 6.45) is 2.20. The molecule has 0 saturated carbocycles. The maximum Gasteiger partial charge on any atom is 0.241 e. The maximum atomic E-state index is 12.3. The Balaban J connectivity index is 1.41. The van der Waals surface area contributed by atoms with Crippen molar-refractivity contribution in [2.24, 2.45) is 5.73 Å². The largest absolute Gasteiger partial charge is 0.368 e. The number of nitrogens with two attached hydrogens (primary N) is 1. The van der Waals surface area contributed by atoms with Gasteiger partial charge in [-0.1, -0.05) is 19.1 Å². The van der Waals surface area contributed by atoms with Crippen molar-refractivity contribution in [1.29, 1.82) is 0 Å². The summed E-state index contributed by atoms with van der Waals surface area (Å²) in [6.45, 7) is 9.86. The van der Waals surface area contributed by atoms with Gasteiger partial charge in [-0.3, -0.25) is 14.6 Å². The third-order valence-corrected chi connectivity index (χ3v) is 7.14. The number of thiazole rings is 1. The van der Waals surface area contributed by atoms with Crippen LogP contribution in [0.2, 0.25) is 0 Å². The number of hydrogen-bond acceptors (Lipinski definition) is 6. The number of fused-ring (bicyclic) bond motifs is 1. The van der Waals surface area contributed by atoms with E-state index in [0.29, 0.717) is 6.04 Å². The lowest BCUT2D eigenvalue weighted by molar-refractivity contribution is -0.124. The highest BCUT2D eigenvalue weighted by Crippen LogP contribution is 2.32. The van der Waals surface area contributed by atoms with Crippen LogP contribution in [0.5, 0.6) is 0 Å². The smallest absolute Gasteiger partial charge is 0.241 e. The Labute approximate surface area is 164 Å². The number of nitrogens with zero attached hydrogens (tertiary/aromatic N) is 4. The van der Waals surface area contributed by atoms with Gasteiger partial charge in [0.15, 0.2) is 0 Å². The van der Waals surface area contributed by atoms with Crippen LogP contribution in [-0.4, -0.2) is 77.4 Å². The molecule has 2 aromatic rings. The van der Waals surface area contributed by atoms with Gasteiger partial charge in [0.05, 0.1) is 10.2 Å². The summed E-state index contributed by atoms with van der Waals surface area (Å²) < 4.78 is 1.11. The SMILES string of the molecule is CCN1CCN(C2CCN(C(C(N)=O)c3nc4ccccc4s3)CC2)CC1. The van der Waals surface area contributed by atoms with E-state index in [1.165, 1.54) is 13.1 Å². The van der Waals surface area contributed by atoms with Crippen LogP contribution >= 0.6 is 11.3 Å². The third kappa shape index (κ3) is 4.01. The van der Waals surface area contributed by atoms with E-state index in [1.54, 1.807) is 11.3 Å². The van der Waals surface area contributed by atoms with Gasteiger partial charge in [0.1, 0.15) is 11.0 Å². The second-order valence-corrected chi connectivity index (χ2v) is 8.62. The Morgan fingerprint density at radius 1 is 1.19 bits per heavy atom. The van der Waals surface area contributed by atoms with Crippen molar-refractivity contribution in [2.45, 2.75) is 31.8 Å². The number of amides is 1. The minimum Gasteiger partial charge on any atom is -0.368 e. The number of aromatic nitrogens is 1. The van der Waals surface area contributed by atoms with Gasteiger partial charge in [0, 0.05) is 45.3 Å². The van der Waals surface area contributed by atoms with E-state index in [-0.39, 0.29) is 5.91 Å². The molecule has 2 saturated heterocycles. The van der Waals surface area contributed by atoms with E-state index in [0.717, 1.165) is 60.8 Å². The first-order valence-corrected chi connectivity index (χ1v) is 10.8. The van der Waals surface area contributed by atoms with E-state index >= 15 is 0 Å². The number of carbonyl (C=O) groups is 1. The Kier molecular flexibility index (Phi) is 5.73. The molecule has 7 heteroatoms. The number of primary amides is 1. The number of likely N-dealkylation sites (tertiary alicyclic amines) is 1. The number of likely N-dealkylation sites (N-methyl/N-ethyl adjacent to an activating group) is 1. The monoisotopic (exact) mass is 387 g/mol. The van der Waals surface area contributed by atoms with Crippen LogP contribution in [0.4, 0.5) is 0 Å². The van der Waals surface area contributed by atoms with Gasteiger partial charge in [-0.15, -0.1) is 11.3 Å². The zero-order valence-electron chi connectivity index (χ0n) is 16.0. The molecule has 0 spiro atoms. The molecule has 2 aliphatic rings. The highest BCUT2D eigenvalue weighted by molar-refractivity contribution is 7.18. The Hall–Kier alpha value is -1.54. The first kappa shape index (κ1) is 18.8. The van der Waals surface area contributed by atoms with Crippen LogP contribution in [0.3, 0.4) is 0 Å². The summed E-state index contributed by atoms with van der Waals surface area (Å²) in [5, 5.41) is 0.832. The Morgan fingerprint density at radius 3 is 2.52 bits per heavy atom. The number of hydrogen-bond donors (Lipinski definition) is 1. The molecule has 27 heavy (non-hydrogen) atoms. The molecule has 1 atom stereocenters. The van der Waals surface area contributed by atoms with E-state index in [1.807, 2.05) is 18.2 Å². The Bertz CT molecular complexity index is 745. The highest BCUT2D eigenvalue weighted by Gasteiger charge is 2.34. The summed E-state index contributed by atoms with van der Waals surface area (Å²) in [7, 11) is 0. The zero-order valence-corrected chi connectivity index (χ0v) is 16.8. The van der Waals surface area contributed by atoms with Crippen LogP contribution in [-0.2, 0) is 4.79 Å². The maximum absolute atomic E-state index is 12.3. The predicted molar refractivity (Wildman–Crippen MR) is 110 cm³/mol. The molecule has 6 nitrogen and oxygen atoms in total. The number of piperidine rings is 1. The summed E-state index contributed by atoms with van der Waals surface area (Å²) in [6, 6.07) is 8.26. The van der Waals surface area contributed by atoms with Crippen LogP contribution in [0.15, 0.2) is 24.3 Å². The lowest BCUT2D eigenvalue weighted by Crippen LogP contribution is -2.54. The van der Waals surface area contributed by atoms with Gasteiger partial charge in [-0.2, -0.15) is 0 Å². The molecule has 1 amide bonds. The van der Waals surface area contributed by atoms with Crippen LogP contribution < -0.4 is 5.73 Å². The van der Waals surface area contributed by atoms with Crippen molar-refractivity contribution in [3.8, 4) is 0 Å². The van der Waals surface area contributed by atoms with E-state index in [2.05, 4.69) is 27.7 Å². The van der Waals surface area contributed by atoms with Gasteiger partial charge in [-0.05, 0) is 31.5 Å². The van der Waals surface area contributed by atoms with Gasteiger partial charge in [0.2, 0.25) is 5.91 Å². The number of carbonyl (C=O) groups excluding carboxylic acids is 1. The zero-order chi connectivity index (χ0) is 18.8. The molecule has 1 aromatic carbocycles. The number of piperazine rings is 1. The lowest BCUT2D eigenvalue weighted by atomic mass is 10.0. The molecule has 1 aromatic heterocycles. The van der Waals surface area contributed by atoms with E-state index in [4.69, 9.17) is 10.7 Å². The van der Waals surface area contributed by atoms with Crippen LogP contribution in [0, 0.1) is 0 Å². The van der Waals surface area contributed by atoms with Crippen LogP contribution in [0.25, 0.3) is 10.2 Å². The van der Waals surface area contributed by atoms with Crippen molar-refractivity contribution >= 4 is 27.5 Å². The topological polar surface area (TPSA) is 65.7 Å². The first-order chi connectivity index (χ1) is 13.2. The van der Waals surface area contributed by atoms with Crippen molar-refractivity contribution in [3.63, 3.8) is 0 Å². The van der Waals surface area contributed by atoms with E-state index in [9.17, 15) is 4.79 Å². The average molecular weight is 388 g/mol. The van der Waals surface area contributed by atoms with Crippen molar-refractivity contribution in [3.05, 3.63) is 29.3 Å². The lowest BCUT2D eigenvalue weighted by Gasteiger charge is -2.43. The first-order valence-electron chi connectivity index (χ1n) is 10.0. The van der Waals surface area contributed by atoms with E-state index < -0.39 is 6.04 Å². The molecular formula is C20H29N5OS. The molecule has 2 aliphatic heterocycles. The molecule has 2 fully saturated rings. The molecule has 1 unspecified atom stereocenters. The fraction of sp³-hybridized carbons (Fsp3) is 0.600. The van der Waals surface area contributed by atoms with Crippen molar-refractivity contribution < 1.29 is 4.79 Å². The molecule has 146 valence electrons. The van der Waals surface area contributed by atoms with Gasteiger partial charge < -0.3 is 10.6 Å². The summed E-state index contributed by atoms with van der Waals surface area (Å²) >= 11 is 1.59. The van der Waals surface area contributed by atoms with Gasteiger partial charge in [0.25, 0.3) is 0 Å². The third-order valence-electron chi connectivity index (χ3n) is 6.05. The molecular weight excluding hydrogens is 358 g/mol. The summed E-state index contributed by atoms with van der Waals surface area (Å²) in [5.41, 5.74) is 6.75. The average Bonchev–Trinajstić information content (AvgIpc) is 3.12. The minimum absolute atomic E-state index is 0.288. The number of rotatable bonds is 5. The second-order valence-electron chi connectivity index (χ2n) is 7.56. The predicted octanol–water partition coefficient (Wildman–Crippen LogP) is 1.92. The molecule has 4 rings (SSSR count). The van der Waals surface area contributed by atoms with Crippen LogP contribution in [0.1, 0.15) is 30.8 Å². The van der Waals surface area contributed by atoms with Gasteiger partial charge >= 0.3 is 0 Å². The molecule has 0 radical (unpaired) electrons. The second kappa shape index (κ2) is 8.22. The molecule has 0 aliphatic carbocycles. The molecule has 3 heterocycles. The van der Waals surface area contributed by atoms with Gasteiger partial charge in [-0.25, -0.2) is 4.98 Å². The summed E-state index contributed by atoms with van der Waals surface area (Å²) in [5.74, 6) is -0.288. The normalized spacial score (nSPS) is 22.3. The summed E-state index contributed by atoms with van der Waals surface area (Å²) in [4.78, 5) is 24.3. The fourth-order valence-corrected chi connectivity index (χ4v) is 5.53.